The zero-order chi connectivity index (χ0) is 17.7. The van der Waals surface area contributed by atoms with Crippen molar-refractivity contribution in [3.63, 3.8) is 0 Å². The Bertz CT molecular complexity index is 569. The molecule has 6 heteroatoms. The highest BCUT2D eigenvalue weighted by molar-refractivity contribution is 5.82. The largest absolute Gasteiger partial charge is 0.351 e. The molecule has 2 heterocycles. The van der Waals surface area contributed by atoms with Crippen molar-refractivity contribution in [2.75, 3.05) is 19.6 Å². The fraction of sp³-hybridized carbons (Fsp3) is 0.632. The Morgan fingerprint density at radius 2 is 1.76 bits per heavy atom. The van der Waals surface area contributed by atoms with Crippen molar-refractivity contribution in [3.8, 4) is 0 Å². The fourth-order valence-corrected chi connectivity index (χ4v) is 3.53. The highest BCUT2D eigenvalue weighted by atomic mass is 19.3. The van der Waals surface area contributed by atoms with Crippen LogP contribution in [0.5, 0.6) is 0 Å². The number of hydrogen-bond donors (Lipinski definition) is 2. The second-order valence-electron chi connectivity index (χ2n) is 7.22. The van der Waals surface area contributed by atoms with Crippen LogP contribution >= 0.6 is 0 Å². The summed E-state index contributed by atoms with van der Waals surface area (Å²) in [6, 6.07) is 7.40. The number of nitrogens with zero attached hydrogens (tertiary/aromatic N) is 1. The number of benzene rings is 1. The average Bonchev–Trinajstić information content (AvgIpc) is 2.80. The quantitative estimate of drug-likeness (QED) is 0.857. The monoisotopic (exact) mass is 351 g/mol. The van der Waals surface area contributed by atoms with E-state index in [2.05, 4.69) is 27.7 Å². The van der Waals surface area contributed by atoms with Crippen molar-refractivity contribution >= 4 is 5.91 Å². The first kappa shape index (κ1) is 18.3. The van der Waals surface area contributed by atoms with Gasteiger partial charge in [0.05, 0.1) is 12.6 Å². The molecule has 0 bridgehead atoms. The van der Waals surface area contributed by atoms with Crippen molar-refractivity contribution in [3.05, 3.63) is 35.4 Å². The summed E-state index contributed by atoms with van der Waals surface area (Å²) in [7, 11) is 0. The maximum atomic E-state index is 13.1. The molecule has 138 valence electrons. The van der Waals surface area contributed by atoms with Crippen LogP contribution in [-0.2, 0) is 17.9 Å². The lowest BCUT2D eigenvalue weighted by Crippen LogP contribution is -2.40. The predicted octanol–water partition coefficient (Wildman–Crippen LogP) is 2.68. The molecule has 1 aromatic rings. The van der Waals surface area contributed by atoms with Gasteiger partial charge < -0.3 is 5.32 Å². The summed E-state index contributed by atoms with van der Waals surface area (Å²) < 4.78 is 26.3. The maximum absolute atomic E-state index is 13.1. The average molecular weight is 351 g/mol. The first-order valence-corrected chi connectivity index (χ1v) is 9.21. The third-order valence-corrected chi connectivity index (χ3v) is 5.02. The van der Waals surface area contributed by atoms with E-state index >= 15 is 0 Å². The number of rotatable bonds is 5. The Balaban J connectivity index is 1.45. The molecule has 2 saturated heterocycles. The Hall–Kier alpha value is -1.53. The minimum absolute atomic E-state index is 0.356. The number of alkyl halides is 2. The van der Waals surface area contributed by atoms with Gasteiger partial charge in [0.1, 0.15) is 0 Å². The zero-order valence-electron chi connectivity index (χ0n) is 14.6. The minimum Gasteiger partial charge on any atom is -0.351 e. The molecule has 3 rings (SSSR count). The summed E-state index contributed by atoms with van der Waals surface area (Å²) in [4.78, 5) is 14.5. The van der Waals surface area contributed by atoms with Crippen LogP contribution in [-0.4, -0.2) is 42.4 Å². The van der Waals surface area contributed by atoms with Crippen LogP contribution in [0.3, 0.4) is 0 Å². The van der Waals surface area contributed by atoms with Crippen molar-refractivity contribution in [1.82, 2.24) is 15.5 Å². The lowest BCUT2D eigenvalue weighted by molar-refractivity contribution is -0.123. The molecule has 0 aromatic heterocycles. The highest BCUT2D eigenvalue weighted by Crippen LogP contribution is 2.25. The van der Waals surface area contributed by atoms with Gasteiger partial charge in [0, 0.05) is 19.5 Å². The summed E-state index contributed by atoms with van der Waals surface area (Å²) in [5, 5.41) is 5.32. The molecule has 25 heavy (non-hydrogen) atoms. The third-order valence-electron chi connectivity index (χ3n) is 5.02. The molecule has 2 N–H and O–H groups in total. The molecule has 1 amide bonds. The van der Waals surface area contributed by atoms with Crippen LogP contribution in [0.4, 0.5) is 8.78 Å². The van der Waals surface area contributed by atoms with E-state index in [-0.39, 0.29) is 5.91 Å². The molecular weight excluding hydrogens is 324 g/mol. The van der Waals surface area contributed by atoms with Crippen LogP contribution in [0.25, 0.3) is 0 Å². The SMILES string of the molecule is O=C(NCc1ccc(CN2CCCCCC2)cc1)C1CC(F)(F)CN1. The van der Waals surface area contributed by atoms with Gasteiger partial charge in [0.15, 0.2) is 0 Å². The normalized spacial score (nSPS) is 24.0. The van der Waals surface area contributed by atoms with Gasteiger partial charge in [0.2, 0.25) is 5.91 Å². The van der Waals surface area contributed by atoms with E-state index < -0.39 is 24.9 Å². The van der Waals surface area contributed by atoms with Crippen LogP contribution in [0, 0.1) is 0 Å². The van der Waals surface area contributed by atoms with Gasteiger partial charge >= 0.3 is 0 Å². The molecule has 0 radical (unpaired) electrons. The maximum Gasteiger partial charge on any atom is 0.262 e. The fourth-order valence-electron chi connectivity index (χ4n) is 3.53. The van der Waals surface area contributed by atoms with Crippen molar-refractivity contribution < 1.29 is 13.6 Å². The highest BCUT2D eigenvalue weighted by Gasteiger charge is 2.42. The Morgan fingerprint density at radius 3 is 2.36 bits per heavy atom. The van der Waals surface area contributed by atoms with Gasteiger partial charge in [-0.2, -0.15) is 0 Å². The Labute approximate surface area is 148 Å². The minimum atomic E-state index is -2.78. The summed E-state index contributed by atoms with van der Waals surface area (Å²) >= 11 is 0. The van der Waals surface area contributed by atoms with Gasteiger partial charge in [-0.15, -0.1) is 0 Å². The lowest BCUT2D eigenvalue weighted by Gasteiger charge is -2.19. The lowest BCUT2D eigenvalue weighted by atomic mass is 10.1. The summed E-state index contributed by atoms with van der Waals surface area (Å²) in [5.41, 5.74) is 2.26. The standard InChI is InChI=1S/C19H27F2N3O/c20-19(21)11-17(23-14-19)18(25)22-12-15-5-7-16(8-6-15)13-24-9-3-1-2-4-10-24/h5-8,17,23H,1-4,9-14H2,(H,22,25). The molecule has 2 fully saturated rings. The first-order valence-electron chi connectivity index (χ1n) is 9.21. The molecule has 2 aliphatic rings. The van der Waals surface area contributed by atoms with Crippen molar-refractivity contribution in [1.29, 1.82) is 0 Å². The third kappa shape index (κ3) is 5.47. The number of hydrogen-bond acceptors (Lipinski definition) is 3. The molecule has 0 saturated carbocycles. The van der Waals surface area contributed by atoms with E-state index in [1.165, 1.54) is 31.2 Å². The summed E-state index contributed by atoms with van der Waals surface area (Å²) in [6.07, 6.45) is 4.79. The van der Waals surface area contributed by atoms with E-state index in [1.54, 1.807) is 0 Å². The molecule has 0 spiro atoms. The van der Waals surface area contributed by atoms with E-state index in [0.29, 0.717) is 6.54 Å². The van der Waals surface area contributed by atoms with Crippen LogP contribution in [0.2, 0.25) is 0 Å². The van der Waals surface area contributed by atoms with Gasteiger partial charge in [-0.1, -0.05) is 37.1 Å². The first-order chi connectivity index (χ1) is 12.0. The Morgan fingerprint density at radius 1 is 1.12 bits per heavy atom. The predicted molar refractivity (Wildman–Crippen MR) is 93.4 cm³/mol. The van der Waals surface area contributed by atoms with E-state index in [1.807, 2.05) is 12.1 Å². The molecular formula is C19H27F2N3O. The van der Waals surface area contributed by atoms with E-state index in [0.717, 1.165) is 25.2 Å². The molecule has 1 atom stereocenters. The second kappa shape index (κ2) is 8.23. The van der Waals surface area contributed by atoms with Gasteiger partial charge in [-0.05, 0) is 37.1 Å². The molecule has 2 aliphatic heterocycles. The topological polar surface area (TPSA) is 44.4 Å². The number of carbonyl (C=O) groups is 1. The molecule has 0 aliphatic carbocycles. The number of nitrogens with one attached hydrogen (secondary N) is 2. The van der Waals surface area contributed by atoms with E-state index in [9.17, 15) is 13.6 Å². The smallest absolute Gasteiger partial charge is 0.262 e. The van der Waals surface area contributed by atoms with Crippen LogP contribution in [0.15, 0.2) is 24.3 Å². The van der Waals surface area contributed by atoms with Crippen LogP contribution < -0.4 is 10.6 Å². The van der Waals surface area contributed by atoms with E-state index in [4.69, 9.17) is 0 Å². The number of likely N-dealkylation sites (tertiary alicyclic amines) is 1. The second-order valence-corrected chi connectivity index (χ2v) is 7.22. The number of carbonyl (C=O) groups excluding carboxylic acids is 1. The number of amides is 1. The van der Waals surface area contributed by atoms with Crippen molar-refractivity contribution in [2.45, 2.75) is 57.2 Å². The molecule has 1 unspecified atom stereocenters. The van der Waals surface area contributed by atoms with Gasteiger partial charge in [-0.3, -0.25) is 15.0 Å². The summed E-state index contributed by atoms with van der Waals surface area (Å²) in [5.74, 6) is -3.14. The molecule has 1 aromatic carbocycles. The Kier molecular flexibility index (Phi) is 6.02. The zero-order valence-corrected chi connectivity index (χ0v) is 14.6. The molecule has 4 nitrogen and oxygen atoms in total. The van der Waals surface area contributed by atoms with Crippen LogP contribution in [0.1, 0.15) is 43.2 Å². The number of halogens is 2. The van der Waals surface area contributed by atoms with Gasteiger partial charge in [0.25, 0.3) is 5.92 Å². The summed E-state index contributed by atoms with van der Waals surface area (Å²) in [6.45, 7) is 3.24. The van der Waals surface area contributed by atoms with Crippen molar-refractivity contribution in [2.24, 2.45) is 0 Å². The van der Waals surface area contributed by atoms with Gasteiger partial charge in [-0.25, -0.2) is 8.78 Å².